The molecule has 0 rings (SSSR count). The molecular weight excluding hydrogens is 278 g/mol. The van der Waals surface area contributed by atoms with Crippen molar-refractivity contribution >= 4 is 26.2 Å². The van der Waals surface area contributed by atoms with Gasteiger partial charge in [0.25, 0.3) is 0 Å². The largest absolute Gasteiger partial charge is 0.412 e. The fourth-order valence-corrected chi connectivity index (χ4v) is 2.75. The molecule has 0 aromatic carbocycles. The molecule has 112 valence electrons. The Morgan fingerprint density at radius 1 is 1.47 bits per heavy atom. The predicted molar refractivity (Wildman–Crippen MR) is 84.6 cm³/mol. The third-order valence-corrected chi connectivity index (χ3v) is 8.47. The molecule has 0 aromatic rings. The summed E-state index contributed by atoms with van der Waals surface area (Å²) in [7, 11) is -0.0168. The fourth-order valence-electron chi connectivity index (χ4n) is 0.993. The van der Waals surface area contributed by atoms with Gasteiger partial charge in [-0.2, -0.15) is 4.41 Å². The number of hydrazine groups is 1. The van der Waals surface area contributed by atoms with Crippen molar-refractivity contribution in [2.75, 3.05) is 13.7 Å². The van der Waals surface area contributed by atoms with Crippen molar-refractivity contribution in [3.05, 3.63) is 11.1 Å². The van der Waals surface area contributed by atoms with Crippen LogP contribution in [0.1, 0.15) is 27.7 Å². The minimum absolute atomic E-state index is 0.114. The Morgan fingerprint density at radius 2 is 2.00 bits per heavy atom. The number of carbonyl (C=O) groups is 1. The Kier molecular flexibility index (Phi) is 7.13. The van der Waals surface area contributed by atoms with E-state index in [9.17, 15) is 4.79 Å². The summed E-state index contributed by atoms with van der Waals surface area (Å²) in [6.45, 7) is 12.9. The lowest BCUT2D eigenvalue weighted by atomic mass is 10.2. The second-order valence-corrected chi connectivity index (χ2v) is 12.0. The summed E-state index contributed by atoms with van der Waals surface area (Å²) in [5.74, 6) is -0.114. The highest BCUT2D eigenvalue weighted by Gasteiger charge is 2.37. The Morgan fingerprint density at radius 3 is 2.37 bits per heavy atom. The van der Waals surface area contributed by atoms with Crippen LogP contribution in [0.5, 0.6) is 0 Å². The van der Waals surface area contributed by atoms with Gasteiger partial charge in [-0.1, -0.05) is 20.8 Å². The molecule has 0 unspecified atom stereocenters. The molecule has 19 heavy (non-hydrogen) atoms. The first kappa shape index (κ1) is 18.5. The van der Waals surface area contributed by atoms with Crippen molar-refractivity contribution < 1.29 is 9.22 Å². The smallest absolute Gasteiger partial charge is 0.231 e. The van der Waals surface area contributed by atoms with Gasteiger partial charge in [0.1, 0.15) is 0 Å². The van der Waals surface area contributed by atoms with Gasteiger partial charge in [-0.3, -0.25) is 10.2 Å². The van der Waals surface area contributed by atoms with Crippen LogP contribution < -0.4 is 11.2 Å². The van der Waals surface area contributed by atoms with Crippen LogP contribution in [0.15, 0.2) is 11.1 Å². The van der Waals surface area contributed by atoms with E-state index < -0.39 is 8.32 Å². The molecule has 0 fully saturated rings. The van der Waals surface area contributed by atoms with Crippen LogP contribution in [0.4, 0.5) is 0 Å². The van der Waals surface area contributed by atoms with Gasteiger partial charge in [0, 0.05) is 25.1 Å². The van der Waals surface area contributed by atoms with Gasteiger partial charge in [0.2, 0.25) is 5.91 Å². The minimum atomic E-state index is -1.78. The molecule has 0 aromatic heterocycles. The number of nitrogens with one attached hydrogen (secondary N) is 1. The zero-order chi connectivity index (χ0) is 15.3. The normalized spacial score (nSPS) is 13.8. The standard InChI is InChI=1S/C12H27N3O2SSi/c1-10(16)14-15(5)18-11(8-13)9-17-19(6,7)12(2,3)4/h8H,9,13H2,1-7H3,(H,14,16)/b11-8-. The van der Waals surface area contributed by atoms with Crippen molar-refractivity contribution in [1.29, 1.82) is 0 Å². The highest BCUT2D eigenvalue weighted by molar-refractivity contribution is 8.00. The topological polar surface area (TPSA) is 67.6 Å². The molecule has 0 saturated carbocycles. The van der Waals surface area contributed by atoms with E-state index in [0.717, 1.165) is 4.91 Å². The first-order chi connectivity index (χ1) is 8.49. The molecule has 0 atom stereocenters. The summed E-state index contributed by atoms with van der Waals surface area (Å²) in [6, 6.07) is 0. The number of rotatable bonds is 6. The summed E-state index contributed by atoms with van der Waals surface area (Å²) in [6.07, 6.45) is 1.52. The zero-order valence-corrected chi connectivity index (χ0v) is 14.9. The molecule has 3 N–H and O–H groups in total. The monoisotopic (exact) mass is 305 g/mol. The molecule has 0 aliphatic carbocycles. The van der Waals surface area contributed by atoms with Crippen molar-refractivity contribution in [2.45, 2.75) is 45.8 Å². The van der Waals surface area contributed by atoms with Crippen LogP contribution in [0.25, 0.3) is 0 Å². The average Bonchev–Trinajstić information content (AvgIpc) is 2.21. The van der Waals surface area contributed by atoms with Gasteiger partial charge in [0.15, 0.2) is 8.32 Å². The van der Waals surface area contributed by atoms with Crippen molar-refractivity contribution in [3.63, 3.8) is 0 Å². The highest BCUT2D eigenvalue weighted by Crippen LogP contribution is 2.37. The van der Waals surface area contributed by atoms with E-state index in [0.29, 0.717) is 6.61 Å². The Bertz CT molecular complexity index is 340. The minimum Gasteiger partial charge on any atom is -0.412 e. The number of hydrogen-bond donors (Lipinski definition) is 2. The summed E-state index contributed by atoms with van der Waals surface area (Å²) in [4.78, 5) is 11.8. The molecule has 0 aliphatic rings. The van der Waals surface area contributed by atoms with Crippen LogP contribution in [-0.2, 0) is 9.22 Å². The lowest BCUT2D eigenvalue weighted by Gasteiger charge is -2.36. The molecule has 7 heteroatoms. The first-order valence-corrected chi connectivity index (χ1v) is 9.91. The van der Waals surface area contributed by atoms with E-state index in [1.165, 1.54) is 25.1 Å². The van der Waals surface area contributed by atoms with Crippen molar-refractivity contribution in [3.8, 4) is 0 Å². The molecule has 1 amide bonds. The quantitative estimate of drug-likeness (QED) is 0.448. The maximum absolute atomic E-state index is 10.9. The molecule has 0 aliphatic heterocycles. The molecular formula is C12H27N3O2SSi. The van der Waals surface area contributed by atoms with Gasteiger partial charge in [-0.15, -0.1) is 0 Å². The molecule has 0 bridgehead atoms. The van der Waals surface area contributed by atoms with Crippen molar-refractivity contribution in [2.24, 2.45) is 5.73 Å². The fraction of sp³-hybridized carbons (Fsp3) is 0.750. The second kappa shape index (κ2) is 7.32. The Hall–Kier alpha value is -0.503. The molecule has 0 spiro atoms. The summed E-state index contributed by atoms with van der Waals surface area (Å²) < 4.78 is 7.70. The van der Waals surface area contributed by atoms with Gasteiger partial charge in [0.05, 0.1) is 6.61 Å². The number of nitrogens with zero attached hydrogens (tertiary/aromatic N) is 1. The van der Waals surface area contributed by atoms with E-state index >= 15 is 0 Å². The van der Waals surface area contributed by atoms with E-state index in [2.05, 4.69) is 39.3 Å². The van der Waals surface area contributed by atoms with Crippen molar-refractivity contribution in [1.82, 2.24) is 9.84 Å². The third kappa shape index (κ3) is 7.00. The number of amides is 1. The van der Waals surface area contributed by atoms with E-state index in [1.54, 1.807) is 11.5 Å². The Labute approximate surface area is 122 Å². The van der Waals surface area contributed by atoms with Gasteiger partial charge >= 0.3 is 0 Å². The number of carbonyl (C=O) groups excluding carboxylic acids is 1. The van der Waals surface area contributed by atoms with Crippen LogP contribution in [0, 0.1) is 0 Å². The van der Waals surface area contributed by atoms with Crippen LogP contribution >= 0.6 is 11.9 Å². The number of nitrogens with two attached hydrogens (primary N) is 1. The second-order valence-electron chi connectivity index (χ2n) is 5.94. The Balaban J connectivity index is 4.41. The first-order valence-electron chi connectivity index (χ1n) is 6.23. The summed E-state index contributed by atoms with van der Waals surface area (Å²) in [5, 5.41) is 0.168. The maximum Gasteiger partial charge on any atom is 0.231 e. The van der Waals surface area contributed by atoms with Crippen LogP contribution in [0.3, 0.4) is 0 Å². The average molecular weight is 306 g/mol. The summed E-state index contributed by atoms with van der Waals surface area (Å²) >= 11 is 1.36. The van der Waals surface area contributed by atoms with Gasteiger partial charge in [-0.25, -0.2) is 0 Å². The summed E-state index contributed by atoms with van der Waals surface area (Å²) in [5.41, 5.74) is 8.26. The lowest BCUT2D eigenvalue weighted by Crippen LogP contribution is -2.41. The zero-order valence-electron chi connectivity index (χ0n) is 13.0. The molecule has 0 heterocycles. The SMILES string of the molecule is CC(=O)NN(C)S/C(=C\N)CO[Si](C)(C)C(C)(C)C. The molecule has 0 radical (unpaired) electrons. The van der Waals surface area contributed by atoms with Gasteiger partial charge < -0.3 is 10.2 Å². The van der Waals surface area contributed by atoms with E-state index in [4.69, 9.17) is 10.2 Å². The highest BCUT2D eigenvalue weighted by atomic mass is 32.2. The maximum atomic E-state index is 10.9. The van der Waals surface area contributed by atoms with Crippen LogP contribution in [0.2, 0.25) is 18.1 Å². The van der Waals surface area contributed by atoms with E-state index in [1.807, 2.05) is 0 Å². The number of hydrogen-bond acceptors (Lipinski definition) is 5. The van der Waals surface area contributed by atoms with Crippen LogP contribution in [-0.4, -0.2) is 32.3 Å². The molecule has 0 saturated heterocycles. The molecule has 5 nitrogen and oxygen atoms in total. The third-order valence-electron chi connectivity index (χ3n) is 3.14. The predicted octanol–water partition coefficient (Wildman–Crippen LogP) is 2.44. The lowest BCUT2D eigenvalue weighted by molar-refractivity contribution is -0.121. The van der Waals surface area contributed by atoms with Gasteiger partial charge in [-0.05, 0) is 30.1 Å². The van der Waals surface area contributed by atoms with E-state index in [-0.39, 0.29) is 10.9 Å².